The second-order valence-corrected chi connectivity index (χ2v) is 2.99. The molecule has 1 saturated heterocycles. The van der Waals surface area contributed by atoms with Crippen LogP contribution in [0.25, 0.3) is 0 Å². The van der Waals surface area contributed by atoms with Crippen LogP contribution in [0.1, 0.15) is 0 Å². The predicted molar refractivity (Wildman–Crippen MR) is 48.6 cm³/mol. The van der Waals surface area contributed by atoms with Gasteiger partial charge in [0.25, 0.3) is 0 Å². The molecule has 1 fully saturated rings. The number of rotatable bonds is 1. The summed E-state index contributed by atoms with van der Waals surface area (Å²) in [5.41, 5.74) is 0. The van der Waals surface area contributed by atoms with Crippen LogP contribution < -0.4 is 0 Å². The van der Waals surface area contributed by atoms with Gasteiger partial charge in [0.2, 0.25) is 0 Å². The molecule has 1 aliphatic rings. The standard InChI is InChI=1S/C7H14N4O2/c1-10-2-4-11(5-3-10)7(9-13)6-8-12/h6,12-13H,2-5H2,1H3/b8-6-,9-7-. The molecule has 0 unspecified atom stereocenters. The highest BCUT2D eigenvalue weighted by Crippen LogP contribution is 1.99. The Morgan fingerprint density at radius 2 is 1.85 bits per heavy atom. The lowest BCUT2D eigenvalue weighted by atomic mass is 10.3. The molecule has 0 aliphatic carbocycles. The number of amidine groups is 1. The van der Waals surface area contributed by atoms with Crippen LogP contribution in [-0.4, -0.2) is 65.5 Å². The van der Waals surface area contributed by atoms with Crippen molar-refractivity contribution in [2.24, 2.45) is 10.3 Å². The second-order valence-electron chi connectivity index (χ2n) is 2.99. The third kappa shape index (κ3) is 2.59. The molecule has 0 saturated carbocycles. The smallest absolute Gasteiger partial charge is 0.189 e. The molecule has 0 aromatic carbocycles. The van der Waals surface area contributed by atoms with Crippen molar-refractivity contribution in [3.8, 4) is 0 Å². The van der Waals surface area contributed by atoms with Crippen molar-refractivity contribution in [3.05, 3.63) is 0 Å². The summed E-state index contributed by atoms with van der Waals surface area (Å²) in [6, 6.07) is 0. The van der Waals surface area contributed by atoms with Gasteiger partial charge in [0.1, 0.15) is 6.21 Å². The van der Waals surface area contributed by atoms with Crippen LogP contribution in [0.2, 0.25) is 0 Å². The van der Waals surface area contributed by atoms with Gasteiger partial charge >= 0.3 is 0 Å². The van der Waals surface area contributed by atoms with Crippen molar-refractivity contribution in [1.82, 2.24) is 9.80 Å². The minimum atomic E-state index is 0.301. The molecule has 74 valence electrons. The van der Waals surface area contributed by atoms with Gasteiger partial charge in [-0.1, -0.05) is 10.3 Å². The lowest BCUT2D eigenvalue weighted by molar-refractivity contribution is 0.209. The summed E-state index contributed by atoms with van der Waals surface area (Å²) in [5, 5.41) is 22.8. The Bertz CT molecular complexity index is 209. The average Bonchev–Trinajstić information content (AvgIpc) is 2.16. The topological polar surface area (TPSA) is 71.7 Å². The molecule has 0 amide bonds. The largest absolute Gasteiger partial charge is 0.411 e. The van der Waals surface area contributed by atoms with Gasteiger partial charge in [-0.05, 0) is 7.05 Å². The van der Waals surface area contributed by atoms with E-state index in [1.165, 1.54) is 0 Å². The normalized spacial score (nSPS) is 21.3. The molecule has 1 rings (SSSR count). The van der Waals surface area contributed by atoms with Crippen molar-refractivity contribution < 1.29 is 10.4 Å². The summed E-state index contributed by atoms with van der Waals surface area (Å²) in [5.74, 6) is 0.301. The van der Waals surface area contributed by atoms with Crippen molar-refractivity contribution in [3.63, 3.8) is 0 Å². The highest BCUT2D eigenvalue weighted by molar-refractivity contribution is 6.28. The van der Waals surface area contributed by atoms with Gasteiger partial charge in [-0.25, -0.2) is 0 Å². The Hall–Kier alpha value is -1.30. The Kier molecular flexibility index (Phi) is 3.51. The first-order valence-electron chi connectivity index (χ1n) is 4.11. The molecule has 13 heavy (non-hydrogen) atoms. The molecular formula is C7H14N4O2. The van der Waals surface area contributed by atoms with Crippen molar-refractivity contribution in [1.29, 1.82) is 0 Å². The van der Waals surface area contributed by atoms with Gasteiger partial charge in [0.15, 0.2) is 5.84 Å². The molecule has 0 bridgehead atoms. The minimum Gasteiger partial charge on any atom is -0.411 e. The maximum absolute atomic E-state index is 8.61. The van der Waals surface area contributed by atoms with E-state index in [4.69, 9.17) is 10.4 Å². The Balaban J connectivity index is 2.52. The number of oxime groups is 2. The van der Waals surface area contributed by atoms with E-state index in [9.17, 15) is 0 Å². The lowest BCUT2D eigenvalue weighted by Gasteiger charge is -2.32. The van der Waals surface area contributed by atoms with Crippen LogP contribution in [0.4, 0.5) is 0 Å². The third-order valence-electron chi connectivity index (χ3n) is 2.10. The van der Waals surface area contributed by atoms with E-state index in [0.29, 0.717) is 5.84 Å². The van der Waals surface area contributed by atoms with Crippen LogP contribution in [-0.2, 0) is 0 Å². The van der Waals surface area contributed by atoms with Gasteiger partial charge in [-0.2, -0.15) is 0 Å². The molecule has 0 radical (unpaired) electrons. The zero-order chi connectivity index (χ0) is 9.68. The van der Waals surface area contributed by atoms with E-state index in [1.54, 1.807) is 0 Å². The van der Waals surface area contributed by atoms with Crippen LogP contribution in [0, 0.1) is 0 Å². The van der Waals surface area contributed by atoms with Gasteiger partial charge < -0.3 is 20.2 Å². The van der Waals surface area contributed by atoms with E-state index < -0.39 is 0 Å². The van der Waals surface area contributed by atoms with Crippen LogP contribution >= 0.6 is 0 Å². The quantitative estimate of drug-likeness (QED) is 0.250. The van der Waals surface area contributed by atoms with Crippen LogP contribution in [0.3, 0.4) is 0 Å². The van der Waals surface area contributed by atoms with Crippen molar-refractivity contribution in [2.75, 3.05) is 33.2 Å². The summed E-state index contributed by atoms with van der Waals surface area (Å²) < 4.78 is 0. The number of nitrogens with zero attached hydrogens (tertiary/aromatic N) is 4. The zero-order valence-corrected chi connectivity index (χ0v) is 7.59. The highest BCUT2D eigenvalue weighted by atomic mass is 16.4. The molecule has 0 spiro atoms. The van der Waals surface area contributed by atoms with Gasteiger partial charge in [0.05, 0.1) is 0 Å². The van der Waals surface area contributed by atoms with Gasteiger partial charge in [-0.15, -0.1) is 0 Å². The summed E-state index contributed by atoms with van der Waals surface area (Å²) in [4.78, 5) is 4.04. The SMILES string of the molecule is CN1CCN(C(/C=N\O)=N\O)CC1. The first-order chi connectivity index (χ1) is 6.27. The van der Waals surface area contributed by atoms with E-state index >= 15 is 0 Å². The van der Waals surface area contributed by atoms with E-state index in [0.717, 1.165) is 32.4 Å². The monoisotopic (exact) mass is 186 g/mol. The van der Waals surface area contributed by atoms with Crippen molar-refractivity contribution >= 4 is 12.1 Å². The summed E-state index contributed by atoms with van der Waals surface area (Å²) >= 11 is 0. The molecule has 6 nitrogen and oxygen atoms in total. The highest BCUT2D eigenvalue weighted by Gasteiger charge is 2.16. The fourth-order valence-corrected chi connectivity index (χ4v) is 1.26. The maximum Gasteiger partial charge on any atom is 0.189 e. The minimum absolute atomic E-state index is 0.301. The summed E-state index contributed by atoms with van der Waals surface area (Å²) in [6.45, 7) is 3.39. The number of hydrogen-bond donors (Lipinski definition) is 2. The first-order valence-corrected chi connectivity index (χ1v) is 4.11. The summed E-state index contributed by atoms with van der Waals surface area (Å²) in [6.07, 6.45) is 1.13. The van der Waals surface area contributed by atoms with Gasteiger partial charge in [0, 0.05) is 26.2 Å². The number of likely N-dealkylation sites (N-methyl/N-ethyl adjacent to an activating group) is 1. The predicted octanol–water partition coefficient (Wildman–Crippen LogP) is -0.518. The lowest BCUT2D eigenvalue weighted by Crippen LogP contribution is -2.47. The molecular weight excluding hydrogens is 172 g/mol. The maximum atomic E-state index is 8.61. The molecule has 0 atom stereocenters. The Morgan fingerprint density at radius 3 is 2.31 bits per heavy atom. The fraction of sp³-hybridized carbons (Fsp3) is 0.714. The average molecular weight is 186 g/mol. The summed E-state index contributed by atoms with van der Waals surface area (Å²) in [7, 11) is 2.03. The molecule has 0 aromatic heterocycles. The zero-order valence-electron chi connectivity index (χ0n) is 7.59. The molecule has 2 N–H and O–H groups in total. The third-order valence-corrected chi connectivity index (χ3v) is 2.10. The molecule has 0 aromatic rings. The first kappa shape index (κ1) is 9.79. The van der Waals surface area contributed by atoms with Crippen LogP contribution in [0.15, 0.2) is 10.3 Å². The van der Waals surface area contributed by atoms with E-state index in [1.807, 2.05) is 11.9 Å². The number of hydrogen-bond acceptors (Lipinski definition) is 5. The Labute approximate surface area is 76.7 Å². The van der Waals surface area contributed by atoms with Crippen LogP contribution in [0.5, 0.6) is 0 Å². The molecule has 1 aliphatic heterocycles. The molecule has 6 heteroatoms. The second kappa shape index (κ2) is 4.66. The fourth-order valence-electron chi connectivity index (χ4n) is 1.26. The van der Waals surface area contributed by atoms with E-state index in [2.05, 4.69) is 15.2 Å². The van der Waals surface area contributed by atoms with Gasteiger partial charge in [-0.3, -0.25) is 0 Å². The molecule has 1 heterocycles. The number of piperazine rings is 1. The Morgan fingerprint density at radius 1 is 1.23 bits per heavy atom. The van der Waals surface area contributed by atoms with E-state index in [-0.39, 0.29) is 0 Å². The van der Waals surface area contributed by atoms with Crippen molar-refractivity contribution in [2.45, 2.75) is 0 Å².